The first-order chi connectivity index (χ1) is 23.1. The van der Waals surface area contributed by atoms with Gasteiger partial charge in [-0.15, -0.1) is 0 Å². The largest absolute Gasteiger partial charge is 0.508 e. The maximum atomic E-state index is 11.2. The lowest BCUT2D eigenvalue weighted by molar-refractivity contribution is 0.365. The van der Waals surface area contributed by atoms with Gasteiger partial charge in [-0.25, -0.2) is 0 Å². The number of benzene rings is 7. The van der Waals surface area contributed by atoms with Gasteiger partial charge in [0.25, 0.3) is 0 Å². The van der Waals surface area contributed by atoms with Gasteiger partial charge in [0.05, 0.1) is 11.1 Å². The summed E-state index contributed by atoms with van der Waals surface area (Å²) in [5.74, 6) is -3.20. The number of furan rings is 1. The highest BCUT2D eigenvalue weighted by Gasteiger charge is 2.26. The molecule has 0 saturated heterocycles. The zero-order valence-corrected chi connectivity index (χ0v) is 25.7. The molecule has 0 aliphatic rings. The van der Waals surface area contributed by atoms with Crippen molar-refractivity contribution in [1.82, 2.24) is 0 Å². The second-order valence-electron chi connectivity index (χ2n) is 12.0. The average molecular weight is 632 g/mol. The molecule has 8 nitrogen and oxygen atoms in total. The number of phenolic OH excluding ortho intramolecular Hbond substituents is 7. The molecule has 1 aromatic heterocycles. The summed E-state index contributed by atoms with van der Waals surface area (Å²) in [4.78, 5) is 0. The van der Waals surface area contributed by atoms with Crippen LogP contribution >= 0.6 is 0 Å². The van der Waals surface area contributed by atoms with Crippen LogP contribution in [-0.4, -0.2) is 51.4 Å². The van der Waals surface area contributed by atoms with Gasteiger partial charge >= 0.3 is 0 Å². The molecule has 0 radical (unpaired) electrons. The van der Waals surface area contributed by atoms with Crippen LogP contribution < -0.4 is 10.9 Å². The Bertz CT molecular complexity index is 2570. The lowest BCUT2D eigenvalue weighted by atomic mass is 9.82. The Morgan fingerprint density at radius 1 is 0.438 bits per heavy atom. The molecule has 8 aromatic rings. The van der Waals surface area contributed by atoms with E-state index in [4.69, 9.17) is 4.42 Å². The molecule has 0 aliphatic heterocycles. The minimum absolute atomic E-state index is 0.0250. The van der Waals surface area contributed by atoms with E-state index in [9.17, 15) is 35.7 Å². The molecule has 0 bridgehead atoms. The smallest absolute Gasteiger partial charge is 0.200 e. The van der Waals surface area contributed by atoms with Gasteiger partial charge in [-0.05, 0) is 73.4 Å². The lowest BCUT2D eigenvalue weighted by Crippen LogP contribution is -2.05. The van der Waals surface area contributed by atoms with E-state index in [1.807, 2.05) is 72.8 Å². The van der Waals surface area contributed by atoms with Gasteiger partial charge in [-0.3, -0.25) is 0 Å². The Morgan fingerprint density at radius 2 is 1.06 bits per heavy atom. The first-order valence-corrected chi connectivity index (χ1v) is 15.2. The molecule has 0 saturated carbocycles. The predicted molar refractivity (Wildman–Crippen MR) is 193 cm³/mol. The molecule has 0 aliphatic carbocycles. The minimum Gasteiger partial charge on any atom is -0.508 e. The zero-order valence-electron chi connectivity index (χ0n) is 25.7. The van der Waals surface area contributed by atoms with Crippen LogP contribution in [0.5, 0.6) is 40.2 Å². The zero-order chi connectivity index (χ0) is 33.6. The highest BCUT2D eigenvalue weighted by atomic mass is 16.3. The normalized spacial score (nSPS) is 11.7. The molecule has 7 aromatic carbocycles. The first kappa shape index (κ1) is 29.0. The molecule has 1 heterocycles. The van der Waals surface area contributed by atoms with Gasteiger partial charge in [-0.1, -0.05) is 66.7 Å². The van der Waals surface area contributed by atoms with Crippen molar-refractivity contribution < 1.29 is 40.2 Å². The van der Waals surface area contributed by atoms with Crippen LogP contribution in [0.15, 0.2) is 95.4 Å². The lowest BCUT2D eigenvalue weighted by Gasteiger charge is -2.20. The van der Waals surface area contributed by atoms with Crippen LogP contribution in [0.25, 0.3) is 76.9 Å². The number of rotatable bonds is 3. The van der Waals surface area contributed by atoms with Crippen molar-refractivity contribution in [3.63, 3.8) is 0 Å². The van der Waals surface area contributed by atoms with Gasteiger partial charge in [0, 0.05) is 16.3 Å². The van der Waals surface area contributed by atoms with Crippen LogP contribution in [0.2, 0.25) is 0 Å². The van der Waals surface area contributed by atoms with Crippen LogP contribution in [0, 0.1) is 0 Å². The molecule has 48 heavy (non-hydrogen) atoms. The maximum absolute atomic E-state index is 11.2. The molecule has 0 spiro atoms. The van der Waals surface area contributed by atoms with E-state index in [2.05, 4.69) is 0 Å². The van der Waals surface area contributed by atoms with E-state index >= 15 is 0 Å². The number of phenols is 7. The molecule has 232 valence electrons. The third kappa shape index (κ3) is 3.92. The second-order valence-corrected chi connectivity index (χ2v) is 12.0. The molecule has 10 heteroatoms. The Morgan fingerprint density at radius 3 is 1.71 bits per heavy atom. The first-order valence-electron chi connectivity index (χ1n) is 15.2. The molecule has 0 atom stereocenters. The number of hydrogen-bond donors (Lipinski definition) is 7. The molecular weight excluding hydrogens is 606 g/mol. The summed E-state index contributed by atoms with van der Waals surface area (Å²) in [7, 11) is 3.10. The highest BCUT2D eigenvalue weighted by Crippen LogP contribution is 2.52. The van der Waals surface area contributed by atoms with Crippen LogP contribution in [-0.2, 0) is 0 Å². The monoisotopic (exact) mass is 632 g/mol. The summed E-state index contributed by atoms with van der Waals surface area (Å²) < 4.78 is 6.35. The molecule has 0 unspecified atom stereocenters. The van der Waals surface area contributed by atoms with Gasteiger partial charge in [0.1, 0.15) is 38.4 Å². The SMILES string of the molecule is Bc1cc(O)c(O)c(-c2c3ccccc3c(-c3cccc4oc5cc(-c6c(O)c(B)c(O)c(O)c6O)ccc5c34)c3ccccc23)c1O. The van der Waals surface area contributed by atoms with Crippen molar-refractivity contribution in [2.24, 2.45) is 0 Å². The average Bonchev–Trinajstić information content (AvgIpc) is 3.47. The number of hydrogen-bond acceptors (Lipinski definition) is 8. The molecule has 0 amide bonds. The van der Waals surface area contributed by atoms with Gasteiger partial charge < -0.3 is 40.2 Å². The quantitative estimate of drug-likeness (QED) is 0.0596. The van der Waals surface area contributed by atoms with E-state index in [1.165, 1.54) is 13.9 Å². The van der Waals surface area contributed by atoms with Crippen molar-refractivity contribution in [2.75, 3.05) is 0 Å². The van der Waals surface area contributed by atoms with Gasteiger partial charge in [0.2, 0.25) is 5.75 Å². The van der Waals surface area contributed by atoms with Crippen molar-refractivity contribution in [2.45, 2.75) is 0 Å². The summed E-state index contributed by atoms with van der Waals surface area (Å²) in [5.41, 5.74) is 4.33. The third-order valence-corrected chi connectivity index (χ3v) is 9.31. The Balaban J connectivity index is 1.45. The van der Waals surface area contributed by atoms with Crippen molar-refractivity contribution in [3.05, 3.63) is 91.0 Å². The van der Waals surface area contributed by atoms with E-state index in [0.29, 0.717) is 27.8 Å². The molecule has 0 fully saturated rings. The predicted octanol–water partition coefficient (Wildman–Crippen LogP) is 5.35. The van der Waals surface area contributed by atoms with Gasteiger partial charge in [-0.2, -0.15) is 0 Å². The fourth-order valence-corrected chi connectivity index (χ4v) is 6.99. The fourth-order valence-electron chi connectivity index (χ4n) is 6.99. The van der Waals surface area contributed by atoms with Crippen molar-refractivity contribution in [1.29, 1.82) is 0 Å². The van der Waals surface area contributed by atoms with E-state index in [0.717, 1.165) is 43.4 Å². The topological polar surface area (TPSA) is 155 Å². The van der Waals surface area contributed by atoms with Crippen molar-refractivity contribution >= 4 is 70.1 Å². The van der Waals surface area contributed by atoms with Crippen LogP contribution in [0.3, 0.4) is 0 Å². The molecule has 7 N–H and O–H groups in total. The minimum atomic E-state index is -0.725. The van der Waals surface area contributed by atoms with E-state index in [1.54, 1.807) is 20.0 Å². The highest BCUT2D eigenvalue weighted by molar-refractivity contribution is 6.38. The van der Waals surface area contributed by atoms with Crippen LogP contribution in [0.4, 0.5) is 0 Å². The summed E-state index contributed by atoms with van der Waals surface area (Å²) in [6.45, 7) is 0. The Labute approximate surface area is 274 Å². The van der Waals surface area contributed by atoms with Crippen molar-refractivity contribution in [3.8, 4) is 73.6 Å². The summed E-state index contributed by atoms with van der Waals surface area (Å²) >= 11 is 0. The second kappa shape index (κ2) is 10.3. The number of aromatic hydroxyl groups is 7. The molecular formula is C38H26B2O8. The summed E-state index contributed by atoms with van der Waals surface area (Å²) in [6, 6.07) is 27.7. The summed E-state index contributed by atoms with van der Waals surface area (Å²) in [6.07, 6.45) is 0. The van der Waals surface area contributed by atoms with Gasteiger partial charge in [0.15, 0.2) is 23.0 Å². The Kier molecular flexibility index (Phi) is 6.23. The molecule has 8 rings (SSSR count). The fraction of sp³-hybridized carbons (Fsp3) is 0. The van der Waals surface area contributed by atoms with E-state index < -0.39 is 23.0 Å². The number of fused-ring (bicyclic) bond motifs is 5. The van der Waals surface area contributed by atoms with E-state index in [-0.39, 0.29) is 33.8 Å². The standard InChI is InChI=1S/C38H26B2O8/c39-23-15-24(41)34(43)31(33(23)42)30-19-8-3-1-6-17(19)28(18-7-2-4-9-20(18)30)22-10-5-11-25-29(22)21-13-12-16(14-26(21)48-25)27-35(44)32(40)37(46)38(47)36(27)45/h1-15,41-47H,39-40H2. The summed E-state index contributed by atoms with van der Waals surface area (Å²) in [5, 5.41) is 79.5. The Hall–Kier alpha value is -6.41. The third-order valence-electron chi connectivity index (χ3n) is 9.31. The maximum Gasteiger partial charge on any atom is 0.200 e. The van der Waals surface area contributed by atoms with Crippen LogP contribution in [0.1, 0.15) is 0 Å².